The summed E-state index contributed by atoms with van der Waals surface area (Å²) in [4.78, 5) is 47.3. The Morgan fingerprint density at radius 2 is 1.69 bits per heavy atom. The van der Waals surface area contributed by atoms with Gasteiger partial charge in [-0.05, 0) is 25.2 Å². The molecule has 0 saturated heterocycles. The average Bonchev–Trinajstić information content (AvgIpc) is 2.66. The zero-order valence-electron chi connectivity index (χ0n) is 17.7. The van der Waals surface area contributed by atoms with Crippen molar-refractivity contribution in [1.82, 2.24) is 21.3 Å². The van der Waals surface area contributed by atoms with Gasteiger partial charge in [-0.2, -0.15) is 0 Å². The Hall–Kier alpha value is -2.56. The maximum absolute atomic E-state index is 12.6. The molecule has 0 aliphatic rings. The van der Waals surface area contributed by atoms with Gasteiger partial charge in [-0.1, -0.05) is 20.8 Å². The zero-order valence-corrected chi connectivity index (χ0v) is 17.7. The molecular formula is C18H35N5O6. The molecule has 29 heavy (non-hydrogen) atoms. The minimum absolute atomic E-state index is 0.0754. The van der Waals surface area contributed by atoms with E-state index in [1.165, 1.54) is 7.05 Å². The van der Waals surface area contributed by atoms with E-state index < -0.39 is 30.1 Å². The number of nitrogens with one attached hydrogen (secondary N) is 4. The third-order valence-electron chi connectivity index (χ3n) is 3.88. The zero-order chi connectivity index (χ0) is 22.2. The van der Waals surface area contributed by atoms with Crippen molar-refractivity contribution in [3.05, 3.63) is 0 Å². The number of primary amides is 1. The van der Waals surface area contributed by atoms with Crippen LogP contribution in [0.1, 0.15) is 40.0 Å². The molecule has 0 aliphatic heterocycles. The number of urea groups is 1. The second-order valence-corrected chi connectivity index (χ2v) is 6.72. The van der Waals surface area contributed by atoms with Gasteiger partial charge in [0, 0.05) is 20.2 Å². The number of carbonyl (C=O) groups excluding carboxylic acids is 4. The minimum Gasteiger partial charge on any atom is -0.447 e. The monoisotopic (exact) mass is 417 g/mol. The van der Waals surface area contributed by atoms with Gasteiger partial charge in [0.1, 0.15) is 18.7 Å². The number of alkyl carbamates (subject to hydrolysis) is 1. The maximum atomic E-state index is 12.6. The van der Waals surface area contributed by atoms with E-state index in [0.29, 0.717) is 13.0 Å². The Morgan fingerprint density at radius 3 is 2.24 bits per heavy atom. The molecule has 0 bridgehead atoms. The molecule has 0 rings (SSSR count). The molecule has 11 heteroatoms. The lowest BCUT2D eigenvalue weighted by atomic mass is 10.0. The molecule has 168 valence electrons. The number of ether oxygens (including phenoxy) is 2. The van der Waals surface area contributed by atoms with Gasteiger partial charge in [0.25, 0.3) is 0 Å². The summed E-state index contributed by atoms with van der Waals surface area (Å²) in [5.41, 5.74) is 4.99. The molecule has 5 amide bonds. The lowest BCUT2D eigenvalue weighted by molar-refractivity contribution is -0.130. The first kappa shape index (κ1) is 26.4. The van der Waals surface area contributed by atoms with Gasteiger partial charge in [0.2, 0.25) is 11.8 Å². The number of likely N-dealkylation sites (N-methyl/N-ethyl adjacent to an activating group) is 1. The molecular weight excluding hydrogens is 382 g/mol. The van der Waals surface area contributed by atoms with E-state index in [2.05, 4.69) is 21.3 Å². The summed E-state index contributed by atoms with van der Waals surface area (Å²) in [5, 5.41) is 10.1. The summed E-state index contributed by atoms with van der Waals surface area (Å²) in [5.74, 6) is -1.12. The number of hydrogen-bond acceptors (Lipinski definition) is 6. The molecule has 0 unspecified atom stereocenters. The first-order valence-corrected chi connectivity index (χ1v) is 9.79. The Bertz CT molecular complexity index is 529. The topological polar surface area (TPSA) is 161 Å². The van der Waals surface area contributed by atoms with E-state index in [4.69, 9.17) is 15.2 Å². The molecule has 0 aromatic heterocycles. The van der Waals surface area contributed by atoms with Crippen LogP contribution < -0.4 is 27.0 Å². The first-order chi connectivity index (χ1) is 13.7. The van der Waals surface area contributed by atoms with Crippen molar-refractivity contribution in [2.45, 2.75) is 52.1 Å². The Labute approximate surface area is 171 Å². The van der Waals surface area contributed by atoms with Crippen LogP contribution in [-0.4, -0.2) is 69.4 Å². The number of rotatable bonds is 14. The van der Waals surface area contributed by atoms with Crippen molar-refractivity contribution in [2.75, 3.05) is 33.4 Å². The summed E-state index contributed by atoms with van der Waals surface area (Å²) in [6.07, 6.45) is 0.852. The summed E-state index contributed by atoms with van der Waals surface area (Å²) in [6, 6.07) is -2.35. The molecule has 6 N–H and O–H groups in total. The molecule has 0 aromatic carbocycles. The van der Waals surface area contributed by atoms with Gasteiger partial charge in [0.05, 0.1) is 6.61 Å². The SMILES string of the molecule is CCCOCCOC(=O)N[C@H](C(=O)N[C@@H](CCCNC(N)=O)C(=O)NC)C(C)C. The molecule has 0 fully saturated rings. The highest BCUT2D eigenvalue weighted by Crippen LogP contribution is 2.05. The van der Waals surface area contributed by atoms with Gasteiger partial charge in [0.15, 0.2) is 0 Å². The fraction of sp³-hybridized carbons (Fsp3) is 0.778. The van der Waals surface area contributed by atoms with E-state index in [1.807, 2.05) is 6.92 Å². The number of amides is 5. The third-order valence-corrected chi connectivity index (χ3v) is 3.88. The van der Waals surface area contributed by atoms with Crippen LogP contribution in [0.15, 0.2) is 0 Å². The molecule has 0 saturated carbocycles. The standard InChI is InChI=1S/C18H35N5O6/c1-5-9-28-10-11-29-18(27)23-14(12(2)3)16(25)22-13(15(24)20-4)7-6-8-21-17(19)26/h12-14H,5-11H2,1-4H3,(H,20,24)(H,22,25)(H,23,27)(H3,19,21,26)/t13-,14-/m0/s1. The average molecular weight is 418 g/mol. The van der Waals surface area contributed by atoms with Crippen LogP contribution in [0.2, 0.25) is 0 Å². The fourth-order valence-electron chi connectivity index (χ4n) is 2.37. The number of carbonyl (C=O) groups is 4. The molecule has 0 aliphatic carbocycles. The minimum atomic E-state index is -0.880. The van der Waals surface area contributed by atoms with E-state index in [0.717, 1.165) is 6.42 Å². The van der Waals surface area contributed by atoms with Crippen LogP contribution in [0.4, 0.5) is 9.59 Å². The normalized spacial score (nSPS) is 12.6. The van der Waals surface area contributed by atoms with Gasteiger partial charge in [-0.15, -0.1) is 0 Å². The van der Waals surface area contributed by atoms with Crippen LogP contribution in [0.5, 0.6) is 0 Å². The van der Waals surface area contributed by atoms with Crippen molar-refractivity contribution in [2.24, 2.45) is 11.7 Å². The Kier molecular flexibility index (Phi) is 14.0. The second-order valence-electron chi connectivity index (χ2n) is 6.72. The van der Waals surface area contributed by atoms with E-state index in [1.54, 1.807) is 13.8 Å². The highest BCUT2D eigenvalue weighted by molar-refractivity contribution is 5.91. The predicted octanol–water partition coefficient (Wildman–Crippen LogP) is -0.157. The van der Waals surface area contributed by atoms with Crippen LogP contribution >= 0.6 is 0 Å². The van der Waals surface area contributed by atoms with E-state index in [-0.39, 0.29) is 38.0 Å². The smallest absolute Gasteiger partial charge is 0.407 e. The molecule has 0 radical (unpaired) electrons. The molecule has 11 nitrogen and oxygen atoms in total. The Balaban J connectivity index is 4.69. The molecule has 0 heterocycles. The third kappa shape index (κ3) is 12.5. The number of nitrogens with two attached hydrogens (primary N) is 1. The second kappa shape index (κ2) is 15.4. The van der Waals surface area contributed by atoms with Crippen LogP contribution in [-0.2, 0) is 19.1 Å². The molecule has 0 aromatic rings. The Morgan fingerprint density at radius 1 is 1.00 bits per heavy atom. The van der Waals surface area contributed by atoms with Gasteiger partial charge in [-0.25, -0.2) is 9.59 Å². The lowest BCUT2D eigenvalue weighted by Gasteiger charge is -2.24. The lowest BCUT2D eigenvalue weighted by Crippen LogP contribution is -2.55. The molecule has 0 spiro atoms. The summed E-state index contributed by atoms with van der Waals surface area (Å²) in [7, 11) is 1.46. The fourth-order valence-corrected chi connectivity index (χ4v) is 2.37. The van der Waals surface area contributed by atoms with Crippen molar-refractivity contribution in [1.29, 1.82) is 0 Å². The highest BCUT2D eigenvalue weighted by atomic mass is 16.6. The van der Waals surface area contributed by atoms with Gasteiger partial charge in [-0.3, -0.25) is 9.59 Å². The summed E-state index contributed by atoms with van der Waals surface area (Å²) < 4.78 is 10.2. The van der Waals surface area contributed by atoms with Crippen molar-refractivity contribution >= 4 is 23.9 Å². The quantitative estimate of drug-likeness (QED) is 0.247. The summed E-state index contributed by atoms with van der Waals surface area (Å²) >= 11 is 0. The van der Waals surface area contributed by atoms with Crippen molar-refractivity contribution in [3.63, 3.8) is 0 Å². The number of hydrogen-bond donors (Lipinski definition) is 5. The van der Waals surface area contributed by atoms with Gasteiger partial charge >= 0.3 is 12.1 Å². The largest absolute Gasteiger partial charge is 0.447 e. The molecule has 2 atom stereocenters. The predicted molar refractivity (Wildman–Crippen MR) is 107 cm³/mol. The van der Waals surface area contributed by atoms with Gasteiger partial charge < -0.3 is 36.5 Å². The van der Waals surface area contributed by atoms with Crippen LogP contribution in [0.25, 0.3) is 0 Å². The van der Waals surface area contributed by atoms with Crippen molar-refractivity contribution in [3.8, 4) is 0 Å². The van der Waals surface area contributed by atoms with Crippen LogP contribution in [0, 0.1) is 5.92 Å². The van der Waals surface area contributed by atoms with Crippen LogP contribution in [0.3, 0.4) is 0 Å². The maximum Gasteiger partial charge on any atom is 0.407 e. The van der Waals surface area contributed by atoms with E-state index in [9.17, 15) is 19.2 Å². The van der Waals surface area contributed by atoms with E-state index >= 15 is 0 Å². The van der Waals surface area contributed by atoms with Crippen molar-refractivity contribution < 1.29 is 28.7 Å². The summed E-state index contributed by atoms with van der Waals surface area (Å²) in [6.45, 7) is 6.71. The highest BCUT2D eigenvalue weighted by Gasteiger charge is 2.28. The first-order valence-electron chi connectivity index (χ1n) is 9.79.